The molecule has 0 bridgehead atoms. The molecule has 2 unspecified atom stereocenters. The molecule has 1 aromatic carbocycles. The molecule has 0 spiro atoms. The van der Waals surface area contributed by atoms with Gasteiger partial charge in [-0.2, -0.15) is 0 Å². The molecule has 0 heterocycles. The Morgan fingerprint density at radius 1 is 0.625 bits per heavy atom. The van der Waals surface area contributed by atoms with Crippen LogP contribution < -0.4 is 0 Å². The van der Waals surface area contributed by atoms with Crippen LogP contribution in [0.3, 0.4) is 0 Å². The van der Waals surface area contributed by atoms with E-state index in [2.05, 4.69) is 52.0 Å². The minimum absolute atomic E-state index is 0.255. The molecule has 32 heavy (non-hydrogen) atoms. The maximum Gasteiger partial charge on any atom is 0.0688 e. The molecule has 2 atom stereocenters. The smallest absolute Gasteiger partial charge is 0.0688 e. The van der Waals surface area contributed by atoms with Crippen LogP contribution >= 0.6 is 0 Å². The van der Waals surface area contributed by atoms with Crippen LogP contribution in [0.4, 0.5) is 0 Å². The Morgan fingerprint density at radius 3 is 1.59 bits per heavy atom. The van der Waals surface area contributed by atoms with E-state index in [0.29, 0.717) is 0 Å². The number of hydrogen-bond donors (Lipinski definition) is 1. The molecule has 0 aromatic heterocycles. The van der Waals surface area contributed by atoms with Gasteiger partial charge in [0.25, 0.3) is 0 Å². The zero-order chi connectivity index (χ0) is 23.5. The normalized spacial score (nSPS) is 14.4. The van der Waals surface area contributed by atoms with Crippen molar-refractivity contribution in [1.29, 1.82) is 0 Å². The molecule has 0 aliphatic rings. The van der Waals surface area contributed by atoms with E-state index in [1.807, 2.05) is 0 Å². The number of rotatable bonds is 21. The van der Waals surface area contributed by atoms with E-state index >= 15 is 0 Å². The first-order valence-electron chi connectivity index (χ1n) is 14.4. The SMILES string of the molecule is CCCCCCCCCCCCc1ccc(C(CCC)C(C)(O)CCCCCCC)cc1. The van der Waals surface area contributed by atoms with E-state index in [1.165, 1.54) is 107 Å². The van der Waals surface area contributed by atoms with E-state index in [9.17, 15) is 5.11 Å². The van der Waals surface area contributed by atoms with Crippen molar-refractivity contribution in [3.63, 3.8) is 0 Å². The fraction of sp³-hybridized carbons (Fsp3) is 0.806. The highest BCUT2D eigenvalue weighted by Crippen LogP contribution is 2.36. The molecule has 1 nitrogen and oxygen atoms in total. The number of unbranched alkanes of at least 4 members (excludes halogenated alkanes) is 13. The molecule has 0 radical (unpaired) electrons. The van der Waals surface area contributed by atoms with Gasteiger partial charge in [0.1, 0.15) is 0 Å². The van der Waals surface area contributed by atoms with Gasteiger partial charge in [0.05, 0.1) is 5.60 Å². The standard InChI is InChI=1S/C31H56O/c1-5-8-10-12-13-14-15-16-17-19-22-28-23-25-29(26-24-28)30(21-7-3)31(4,32)27-20-18-11-9-6-2/h23-26,30,32H,5-22,27H2,1-4H3. The second-order valence-corrected chi connectivity index (χ2v) is 10.5. The predicted molar refractivity (Wildman–Crippen MR) is 144 cm³/mol. The molecular weight excluding hydrogens is 388 g/mol. The highest BCUT2D eigenvalue weighted by Gasteiger charge is 2.31. The monoisotopic (exact) mass is 444 g/mol. The number of aliphatic hydroxyl groups is 1. The first kappa shape index (κ1) is 29.2. The lowest BCUT2D eigenvalue weighted by molar-refractivity contribution is 0.0162. The highest BCUT2D eigenvalue weighted by atomic mass is 16.3. The summed E-state index contributed by atoms with van der Waals surface area (Å²) in [6.45, 7) is 8.86. The van der Waals surface area contributed by atoms with Crippen molar-refractivity contribution in [1.82, 2.24) is 0 Å². The maximum atomic E-state index is 11.3. The van der Waals surface area contributed by atoms with E-state index < -0.39 is 5.60 Å². The number of aryl methyl sites for hydroxylation is 1. The summed E-state index contributed by atoms with van der Waals surface area (Å²) < 4.78 is 0. The molecule has 1 aromatic rings. The topological polar surface area (TPSA) is 20.2 Å². The van der Waals surface area contributed by atoms with Gasteiger partial charge in [-0.1, -0.05) is 141 Å². The number of benzene rings is 1. The van der Waals surface area contributed by atoms with Crippen LogP contribution in [0.2, 0.25) is 0 Å². The Bertz CT molecular complexity index is 530. The van der Waals surface area contributed by atoms with E-state index in [-0.39, 0.29) is 5.92 Å². The fourth-order valence-corrected chi connectivity index (χ4v) is 5.12. The van der Waals surface area contributed by atoms with Gasteiger partial charge in [0.2, 0.25) is 0 Å². The van der Waals surface area contributed by atoms with Crippen LogP contribution in [0.15, 0.2) is 24.3 Å². The third-order valence-corrected chi connectivity index (χ3v) is 7.32. The third-order valence-electron chi connectivity index (χ3n) is 7.32. The average molecular weight is 445 g/mol. The Morgan fingerprint density at radius 2 is 1.09 bits per heavy atom. The van der Waals surface area contributed by atoms with Crippen molar-refractivity contribution in [3.05, 3.63) is 35.4 Å². The zero-order valence-electron chi connectivity index (χ0n) is 22.3. The van der Waals surface area contributed by atoms with Crippen LogP contribution in [0.5, 0.6) is 0 Å². The highest BCUT2D eigenvalue weighted by molar-refractivity contribution is 5.27. The Kier molecular flexibility index (Phi) is 17.0. The summed E-state index contributed by atoms with van der Waals surface area (Å²) in [5.41, 5.74) is 2.19. The quantitative estimate of drug-likeness (QED) is 0.187. The fourth-order valence-electron chi connectivity index (χ4n) is 5.12. The van der Waals surface area contributed by atoms with Gasteiger partial charge < -0.3 is 5.11 Å². The van der Waals surface area contributed by atoms with Gasteiger partial charge in [-0.3, -0.25) is 0 Å². The Hall–Kier alpha value is -0.820. The predicted octanol–water partition coefficient (Wildman–Crippen LogP) is 10.1. The van der Waals surface area contributed by atoms with Crippen molar-refractivity contribution < 1.29 is 5.11 Å². The van der Waals surface area contributed by atoms with Crippen LogP contribution in [0, 0.1) is 0 Å². The third kappa shape index (κ3) is 13.0. The van der Waals surface area contributed by atoms with Crippen LogP contribution in [0.1, 0.15) is 160 Å². The molecule has 0 amide bonds. The lowest BCUT2D eigenvalue weighted by atomic mass is 9.77. The van der Waals surface area contributed by atoms with Crippen LogP contribution in [-0.4, -0.2) is 10.7 Å². The molecule has 0 saturated heterocycles. The molecule has 0 aliphatic carbocycles. The van der Waals surface area contributed by atoms with Crippen molar-refractivity contribution in [2.45, 2.75) is 161 Å². The first-order chi connectivity index (χ1) is 15.5. The van der Waals surface area contributed by atoms with Gasteiger partial charge >= 0.3 is 0 Å². The van der Waals surface area contributed by atoms with Gasteiger partial charge in [0.15, 0.2) is 0 Å². The summed E-state index contributed by atoms with van der Waals surface area (Å²) in [6.07, 6.45) is 24.6. The molecule has 0 aliphatic heterocycles. The number of hydrogen-bond acceptors (Lipinski definition) is 1. The molecule has 1 rings (SSSR count). The summed E-state index contributed by atoms with van der Waals surface area (Å²) in [6, 6.07) is 9.25. The van der Waals surface area contributed by atoms with E-state index in [1.54, 1.807) is 0 Å². The Balaban J connectivity index is 2.37. The van der Waals surface area contributed by atoms with Gasteiger partial charge in [0, 0.05) is 5.92 Å². The van der Waals surface area contributed by atoms with Crippen molar-refractivity contribution >= 4 is 0 Å². The van der Waals surface area contributed by atoms with Crippen LogP contribution in [0.25, 0.3) is 0 Å². The molecule has 1 N–H and O–H groups in total. The minimum atomic E-state index is -0.597. The molecule has 1 heteroatoms. The lowest BCUT2D eigenvalue weighted by Gasteiger charge is -2.34. The van der Waals surface area contributed by atoms with Gasteiger partial charge in [-0.05, 0) is 43.7 Å². The van der Waals surface area contributed by atoms with E-state index in [0.717, 1.165) is 25.7 Å². The maximum absolute atomic E-state index is 11.3. The van der Waals surface area contributed by atoms with Gasteiger partial charge in [-0.25, -0.2) is 0 Å². The van der Waals surface area contributed by atoms with Gasteiger partial charge in [-0.15, -0.1) is 0 Å². The summed E-state index contributed by atoms with van der Waals surface area (Å²) in [7, 11) is 0. The van der Waals surface area contributed by atoms with Crippen molar-refractivity contribution in [2.75, 3.05) is 0 Å². The Labute approximate surface area is 201 Å². The molecule has 186 valence electrons. The molecular formula is C31H56O. The second kappa shape index (κ2) is 18.6. The molecule has 0 fully saturated rings. The zero-order valence-corrected chi connectivity index (χ0v) is 22.3. The lowest BCUT2D eigenvalue weighted by Crippen LogP contribution is -2.33. The van der Waals surface area contributed by atoms with E-state index in [4.69, 9.17) is 0 Å². The summed E-state index contributed by atoms with van der Waals surface area (Å²) in [5.74, 6) is 0.255. The van der Waals surface area contributed by atoms with Crippen molar-refractivity contribution in [3.8, 4) is 0 Å². The first-order valence-corrected chi connectivity index (χ1v) is 14.4. The second-order valence-electron chi connectivity index (χ2n) is 10.5. The summed E-state index contributed by atoms with van der Waals surface area (Å²) in [4.78, 5) is 0. The average Bonchev–Trinajstić information content (AvgIpc) is 2.79. The van der Waals surface area contributed by atoms with Crippen molar-refractivity contribution in [2.24, 2.45) is 0 Å². The molecule has 0 saturated carbocycles. The minimum Gasteiger partial charge on any atom is -0.390 e. The summed E-state index contributed by atoms with van der Waals surface area (Å²) >= 11 is 0. The van der Waals surface area contributed by atoms with Crippen LogP contribution in [-0.2, 0) is 6.42 Å². The summed E-state index contributed by atoms with van der Waals surface area (Å²) in [5, 5.41) is 11.3. The largest absolute Gasteiger partial charge is 0.390 e.